The van der Waals surface area contributed by atoms with E-state index in [1.807, 2.05) is 30.3 Å². The van der Waals surface area contributed by atoms with Crippen LogP contribution in [0, 0.1) is 0 Å². The first-order valence-corrected chi connectivity index (χ1v) is 9.71. The third-order valence-electron chi connectivity index (χ3n) is 4.84. The van der Waals surface area contributed by atoms with E-state index in [9.17, 15) is 18.0 Å². The molecule has 2 aromatic rings. The molecule has 0 saturated carbocycles. The number of amides is 1. The Labute approximate surface area is 183 Å². The molecule has 1 amide bonds. The molecule has 3 rings (SSSR count). The topological polar surface area (TPSA) is 45.5 Å². The highest BCUT2D eigenvalue weighted by Gasteiger charge is 2.39. The number of benzene rings is 1. The van der Waals surface area contributed by atoms with Gasteiger partial charge in [0.05, 0.1) is 29.8 Å². The van der Waals surface area contributed by atoms with Crippen LogP contribution < -0.4 is 5.32 Å². The van der Waals surface area contributed by atoms with E-state index in [4.69, 9.17) is 16.0 Å². The molecule has 0 fully saturated rings. The number of carbonyl (C=O) groups is 1. The van der Waals surface area contributed by atoms with Crippen molar-refractivity contribution in [1.29, 1.82) is 0 Å². The summed E-state index contributed by atoms with van der Waals surface area (Å²) in [5.41, 5.74) is 0.243. The fraction of sp³-hybridized carbons (Fsp3) is 0.174. The summed E-state index contributed by atoms with van der Waals surface area (Å²) in [7, 11) is 0. The molecular formula is C23H20ClF3N2O2. The number of furan rings is 1. The summed E-state index contributed by atoms with van der Waals surface area (Å²) >= 11 is 6.39. The van der Waals surface area contributed by atoms with E-state index in [0.29, 0.717) is 5.56 Å². The zero-order valence-electron chi connectivity index (χ0n) is 16.8. The molecule has 4 nitrogen and oxygen atoms in total. The number of halogens is 4. The summed E-state index contributed by atoms with van der Waals surface area (Å²) in [6.07, 6.45) is 0.379. The van der Waals surface area contributed by atoms with Gasteiger partial charge in [0.2, 0.25) is 5.91 Å². The average Bonchev–Trinajstić information content (AvgIpc) is 3.27. The molecular weight excluding hydrogens is 429 g/mol. The van der Waals surface area contributed by atoms with Gasteiger partial charge in [0.1, 0.15) is 5.16 Å². The molecule has 31 heavy (non-hydrogen) atoms. The Hall–Kier alpha value is -3.19. The number of rotatable bonds is 5. The van der Waals surface area contributed by atoms with Gasteiger partial charge in [-0.25, -0.2) is 0 Å². The lowest BCUT2D eigenvalue weighted by atomic mass is 10.0. The summed E-state index contributed by atoms with van der Waals surface area (Å²) in [5.74, 6) is -0.504. The molecule has 2 heterocycles. The standard InChI is InChI=1S/C23H20ClF3N2O2/c1-14(22(30)28-15(2)17-7-5-4-6-8-17)21(24)29-12-19(18-9-10-31-13-18)11-20(16(29)3)23(25,26)27/h4-13,15H,3H2,1-2H3,(H,28,30)/b21-14+/t15-/m1/s1. The SMILES string of the molecule is C=C1C(C(F)(F)F)=CC(c2ccoc2)=CN1/C(Cl)=C(\C)C(=O)N[C@H](C)c1ccccc1. The quantitative estimate of drug-likeness (QED) is 0.432. The highest BCUT2D eigenvalue weighted by Crippen LogP contribution is 2.41. The molecule has 0 saturated heterocycles. The van der Waals surface area contributed by atoms with Crippen LogP contribution in [0.3, 0.4) is 0 Å². The van der Waals surface area contributed by atoms with Crippen LogP contribution in [0.15, 0.2) is 94.2 Å². The van der Waals surface area contributed by atoms with Gasteiger partial charge >= 0.3 is 6.18 Å². The summed E-state index contributed by atoms with van der Waals surface area (Å²) in [6.45, 7) is 6.80. The molecule has 0 bridgehead atoms. The van der Waals surface area contributed by atoms with Gasteiger partial charge in [-0.05, 0) is 31.6 Å². The molecule has 1 aromatic carbocycles. The van der Waals surface area contributed by atoms with Crippen LogP contribution in [0.1, 0.15) is 31.0 Å². The molecule has 1 aromatic heterocycles. The van der Waals surface area contributed by atoms with Crippen LogP contribution in [0.25, 0.3) is 5.57 Å². The number of alkyl halides is 3. The second-order valence-electron chi connectivity index (χ2n) is 6.99. The number of allylic oxidation sites excluding steroid dienone is 3. The van der Waals surface area contributed by atoms with Crippen LogP contribution in [-0.4, -0.2) is 17.0 Å². The van der Waals surface area contributed by atoms with Crippen LogP contribution in [0.5, 0.6) is 0 Å². The van der Waals surface area contributed by atoms with Crippen LogP contribution in [-0.2, 0) is 4.79 Å². The Balaban J connectivity index is 1.93. The smallest absolute Gasteiger partial charge is 0.418 e. The second-order valence-corrected chi connectivity index (χ2v) is 7.35. The van der Waals surface area contributed by atoms with Crippen molar-refractivity contribution >= 4 is 23.1 Å². The van der Waals surface area contributed by atoms with Crippen molar-refractivity contribution in [2.75, 3.05) is 0 Å². The number of hydrogen-bond donors (Lipinski definition) is 1. The van der Waals surface area contributed by atoms with E-state index >= 15 is 0 Å². The third kappa shape index (κ3) is 4.94. The Morgan fingerprint density at radius 1 is 1.23 bits per heavy atom. The Morgan fingerprint density at radius 2 is 1.90 bits per heavy atom. The minimum atomic E-state index is -4.66. The molecule has 0 unspecified atom stereocenters. The Kier molecular flexibility index (Phi) is 6.45. The van der Waals surface area contributed by atoms with Gasteiger partial charge in [-0.1, -0.05) is 48.5 Å². The van der Waals surface area contributed by atoms with Crippen molar-refractivity contribution in [2.45, 2.75) is 26.1 Å². The largest absolute Gasteiger partial charge is 0.472 e. The zero-order valence-corrected chi connectivity index (χ0v) is 17.6. The Bertz CT molecular complexity index is 1070. The molecule has 1 aliphatic rings. The van der Waals surface area contributed by atoms with Crippen LogP contribution >= 0.6 is 11.6 Å². The van der Waals surface area contributed by atoms with Gasteiger partial charge in [0, 0.05) is 22.9 Å². The fourth-order valence-electron chi connectivity index (χ4n) is 3.03. The van der Waals surface area contributed by atoms with Crippen molar-refractivity contribution in [2.24, 2.45) is 0 Å². The summed E-state index contributed by atoms with van der Waals surface area (Å²) in [6, 6.07) is 10.5. The number of nitrogens with one attached hydrogen (secondary N) is 1. The highest BCUT2D eigenvalue weighted by molar-refractivity contribution is 6.31. The lowest BCUT2D eigenvalue weighted by Gasteiger charge is -2.30. The van der Waals surface area contributed by atoms with Crippen molar-refractivity contribution in [1.82, 2.24) is 10.2 Å². The van der Waals surface area contributed by atoms with E-state index in [1.54, 1.807) is 6.92 Å². The Morgan fingerprint density at radius 3 is 2.48 bits per heavy atom. The zero-order chi connectivity index (χ0) is 22.8. The van der Waals surface area contributed by atoms with Gasteiger partial charge in [-0.2, -0.15) is 13.2 Å². The molecule has 1 N–H and O–H groups in total. The molecule has 0 radical (unpaired) electrons. The number of nitrogens with zero attached hydrogens (tertiary/aromatic N) is 1. The first kappa shape index (κ1) is 22.5. The molecule has 1 atom stereocenters. The van der Waals surface area contributed by atoms with Crippen molar-refractivity contribution in [3.05, 3.63) is 101 Å². The predicted octanol–water partition coefficient (Wildman–Crippen LogP) is 6.29. The normalized spacial score (nSPS) is 16.3. The van der Waals surface area contributed by atoms with Gasteiger partial charge in [0.25, 0.3) is 0 Å². The summed E-state index contributed by atoms with van der Waals surface area (Å²) in [5, 5.41) is 2.62. The van der Waals surface area contributed by atoms with E-state index in [-0.39, 0.29) is 28.0 Å². The lowest BCUT2D eigenvalue weighted by molar-refractivity contribution is -0.118. The molecule has 0 aliphatic carbocycles. The van der Waals surface area contributed by atoms with E-state index in [2.05, 4.69) is 11.9 Å². The van der Waals surface area contributed by atoms with Gasteiger partial charge < -0.3 is 14.6 Å². The minimum absolute atomic E-state index is 0.0526. The van der Waals surface area contributed by atoms with Gasteiger partial charge in [0.15, 0.2) is 0 Å². The number of carbonyl (C=O) groups excluding carboxylic acids is 1. The maximum Gasteiger partial charge on any atom is 0.418 e. The maximum absolute atomic E-state index is 13.6. The van der Waals surface area contributed by atoms with Crippen LogP contribution in [0.2, 0.25) is 0 Å². The first-order chi connectivity index (χ1) is 14.6. The lowest BCUT2D eigenvalue weighted by Crippen LogP contribution is -2.30. The summed E-state index contributed by atoms with van der Waals surface area (Å²) < 4.78 is 45.8. The highest BCUT2D eigenvalue weighted by atomic mass is 35.5. The van der Waals surface area contributed by atoms with E-state index in [0.717, 1.165) is 16.5 Å². The van der Waals surface area contributed by atoms with Gasteiger partial charge in [-0.3, -0.25) is 4.79 Å². The van der Waals surface area contributed by atoms with Gasteiger partial charge in [-0.15, -0.1) is 0 Å². The van der Waals surface area contributed by atoms with Crippen molar-refractivity contribution in [3.8, 4) is 0 Å². The number of hydrogen-bond acceptors (Lipinski definition) is 3. The second kappa shape index (κ2) is 8.89. The summed E-state index contributed by atoms with van der Waals surface area (Å²) in [4.78, 5) is 13.8. The van der Waals surface area contributed by atoms with E-state index in [1.165, 1.54) is 31.7 Å². The predicted molar refractivity (Wildman–Crippen MR) is 113 cm³/mol. The molecule has 1 aliphatic heterocycles. The van der Waals surface area contributed by atoms with Crippen LogP contribution in [0.4, 0.5) is 13.2 Å². The van der Waals surface area contributed by atoms with Crippen molar-refractivity contribution < 1.29 is 22.4 Å². The molecule has 8 heteroatoms. The minimum Gasteiger partial charge on any atom is -0.472 e. The molecule has 0 spiro atoms. The average molecular weight is 449 g/mol. The van der Waals surface area contributed by atoms with E-state index < -0.39 is 17.7 Å². The van der Waals surface area contributed by atoms with Crippen molar-refractivity contribution in [3.63, 3.8) is 0 Å². The third-order valence-corrected chi connectivity index (χ3v) is 5.30. The monoisotopic (exact) mass is 448 g/mol. The first-order valence-electron chi connectivity index (χ1n) is 9.33. The molecule has 162 valence electrons. The fourth-order valence-corrected chi connectivity index (χ4v) is 3.27. The maximum atomic E-state index is 13.6.